The van der Waals surface area contributed by atoms with Crippen LogP contribution < -0.4 is 0 Å². The first-order valence-corrected chi connectivity index (χ1v) is 22.9. The van der Waals surface area contributed by atoms with Gasteiger partial charge in [-0.3, -0.25) is 0 Å². The van der Waals surface area contributed by atoms with Crippen LogP contribution in [0.3, 0.4) is 0 Å². The summed E-state index contributed by atoms with van der Waals surface area (Å²) in [5.74, 6) is 0. The first-order valence-electron chi connectivity index (χ1n) is 22.9. The second kappa shape index (κ2) is 39.4. The van der Waals surface area contributed by atoms with Gasteiger partial charge in [-0.2, -0.15) is 0 Å². The molecule has 0 aliphatic heterocycles. The molecule has 6 heteroatoms. The quantitative estimate of drug-likeness (QED) is 0.133. The van der Waals surface area contributed by atoms with E-state index in [1.165, 1.54) is 122 Å². The summed E-state index contributed by atoms with van der Waals surface area (Å²) in [5, 5.41) is 0. The van der Waals surface area contributed by atoms with Gasteiger partial charge in [0, 0.05) is 196 Å². The zero-order valence-electron chi connectivity index (χ0n) is 45.4. The Bertz CT molecular complexity index is 2280. The minimum absolute atomic E-state index is 0. The maximum absolute atomic E-state index is 2.47. The van der Waals surface area contributed by atoms with Crippen molar-refractivity contribution in [1.29, 1.82) is 0 Å². The predicted octanol–water partition coefficient (Wildman–Crippen LogP) is 18.6. The van der Waals surface area contributed by atoms with Crippen LogP contribution in [0.5, 0.6) is 0 Å². The van der Waals surface area contributed by atoms with Crippen LogP contribution in [0.4, 0.5) is 0 Å². The molecule has 10 rings (SSSR count). The smallest absolute Gasteiger partial charge is 0 e. The van der Waals surface area contributed by atoms with E-state index in [1.54, 1.807) is 0 Å². The molecule has 0 heterocycles. The molecule has 0 fully saturated rings. The van der Waals surface area contributed by atoms with Crippen molar-refractivity contribution in [2.24, 2.45) is 0 Å². The predicted molar refractivity (Wildman–Crippen MR) is 275 cm³/mol. The maximum Gasteiger partial charge on any atom is 0 e. The van der Waals surface area contributed by atoms with Gasteiger partial charge in [-0.15, -0.1) is 0 Å². The largest absolute Gasteiger partial charge is 0.358 e. The van der Waals surface area contributed by atoms with E-state index in [4.69, 9.17) is 0 Å². The first-order chi connectivity index (χ1) is 28.2. The number of fused-ring (bicyclic) bond motifs is 12. The van der Waals surface area contributed by atoms with Crippen molar-refractivity contribution in [2.75, 3.05) is 0 Å². The Morgan fingerprint density at radius 1 is 0.258 bits per heavy atom. The first kappa shape index (κ1) is 79.4. The molecule has 342 valence electrons. The van der Waals surface area contributed by atoms with Crippen molar-refractivity contribution in [2.45, 2.75) is 150 Å². The van der Waals surface area contributed by atoms with Crippen LogP contribution >= 0.6 is 0 Å². The Kier molecular flexibility index (Phi) is 47.4. The van der Waals surface area contributed by atoms with Crippen LogP contribution in [0.25, 0.3) is 44.5 Å². The molecule has 0 nitrogen and oxygen atoms in total. The van der Waals surface area contributed by atoms with E-state index < -0.39 is 0 Å². The van der Waals surface area contributed by atoms with Crippen LogP contribution in [0.2, 0.25) is 0 Å². The fourth-order valence-electron chi connectivity index (χ4n) is 8.98. The van der Waals surface area contributed by atoms with Gasteiger partial charge in [0.2, 0.25) is 0 Å². The summed E-state index contributed by atoms with van der Waals surface area (Å²) in [7, 11) is 0. The molecule has 0 saturated heterocycles. The van der Waals surface area contributed by atoms with Crippen molar-refractivity contribution < 1.29 is 196 Å². The van der Waals surface area contributed by atoms with Gasteiger partial charge in [0.05, 0.1) is 0 Å². The SMILES string of the molecule is CC.CC.CC.CC.CC.CC.Cc1cc(C)c2c(c1)-c1cc3c(cc1C2)Cc1c(C)cccc1-3.Cc1ccc2c(c1)-c1cc3c(cc1C2)Cc1c(C)cc(C)cc1-3.[CH3-].[CH3-].[Y].[Y].[Y].[Y].[Y].[Y]. The van der Waals surface area contributed by atoms with Gasteiger partial charge >= 0.3 is 0 Å². The Balaban J connectivity index is -0.000000202. The average Bonchev–Trinajstić information content (AvgIpc) is 4.02. The van der Waals surface area contributed by atoms with E-state index >= 15 is 0 Å². The topological polar surface area (TPSA) is 0 Å². The zero-order valence-corrected chi connectivity index (χ0v) is 62.4. The average molecular weight is 1340 g/mol. The molecule has 4 aliphatic carbocycles. The normalized spacial score (nSPS) is 9.97. The van der Waals surface area contributed by atoms with E-state index in [1.807, 2.05) is 83.1 Å². The summed E-state index contributed by atoms with van der Waals surface area (Å²) < 4.78 is 0. The van der Waals surface area contributed by atoms with Crippen molar-refractivity contribution in [3.63, 3.8) is 0 Å². The van der Waals surface area contributed by atoms with Crippen LogP contribution in [0, 0.1) is 56.4 Å². The van der Waals surface area contributed by atoms with E-state index in [9.17, 15) is 0 Å². The van der Waals surface area contributed by atoms with Gasteiger partial charge in [0.25, 0.3) is 0 Å². The molecule has 0 bridgehead atoms. The molecule has 0 saturated carbocycles. The third-order valence-electron chi connectivity index (χ3n) is 11.2. The molecular weight excluding hydrogens is 1250 g/mol. The van der Waals surface area contributed by atoms with E-state index in [0.717, 1.165) is 25.7 Å². The molecule has 0 spiro atoms. The third-order valence-corrected chi connectivity index (χ3v) is 11.2. The molecule has 6 radical (unpaired) electrons. The number of benzene rings is 6. The van der Waals surface area contributed by atoms with Gasteiger partial charge in [0.1, 0.15) is 0 Å². The minimum Gasteiger partial charge on any atom is -0.358 e. The summed E-state index contributed by atoms with van der Waals surface area (Å²) in [6.07, 6.45) is 4.38. The van der Waals surface area contributed by atoms with Crippen LogP contribution in [-0.2, 0) is 222 Å². The summed E-state index contributed by atoms with van der Waals surface area (Å²) in [6, 6.07) is 32.8. The molecule has 0 unspecified atom stereocenters. The summed E-state index contributed by atoms with van der Waals surface area (Å²) in [4.78, 5) is 0. The summed E-state index contributed by atoms with van der Waals surface area (Å²) in [6.45, 7) is 37.3. The van der Waals surface area contributed by atoms with Crippen LogP contribution in [0.15, 0.2) is 84.9 Å². The standard InChI is InChI=1S/2C23H20.6C2H6.2CH3.6Y/c1-13-4-5-16-9-17-10-18-11-19-15(3)6-14(2)8-23(19)22(18)12-21(17)20(16)7-13;1-13-7-15(3)20-11-17-9-16-10-19-14(2)5-4-6-18(19)21(16)12-22(17)23(20)8-13;6*1-2;;;;;;;;/h4-8,10,12H,9,11H2,1-3H3;4-9,12H,10-11H2,1-3H3;6*1-2H3;2*1H3;;;;;;/q;;;;;;;;2*-1;;;;;;. The van der Waals surface area contributed by atoms with Crippen LogP contribution in [0.1, 0.15) is 161 Å². The molecular formula is C60H82Y6-2. The molecule has 0 N–H and O–H groups in total. The third kappa shape index (κ3) is 17.8. The zero-order chi connectivity index (χ0) is 43.4. The van der Waals surface area contributed by atoms with Gasteiger partial charge in [-0.1, -0.05) is 173 Å². The molecule has 4 aliphatic rings. The minimum atomic E-state index is 0. The fourth-order valence-corrected chi connectivity index (χ4v) is 8.98. The Labute approximate surface area is 559 Å². The van der Waals surface area contributed by atoms with Gasteiger partial charge in [-0.25, -0.2) is 0 Å². The number of rotatable bonds is 0. The Morgan fingerprint density at radius 2 is 0.576 bits per heavy atom. The summed E-state index contributed by atoms with van der Waals surface area (Å²) in [5.41, 5.74) is 32.1. The van der Waals surface area contributed by atoms with Crippen molar-refractivity contribution in [1.82, 2.24) is 0 Å². The summed E-state index contributed by atoms with van der Waals surface area (Å²) >= 11 is 0. The monoisotopic (exact) mass is 1340 g/mol. The maximum atomic E-state index is 2.47. The van der Waals surface area contributed by atoms with Crippen LogP contribution in [-0.4, -0.2) is 0 Å². The van der Waals surface area contributed by atoms with E-state index in [-0.39, 0.29) is 211 Å². The van der Waals surface area contributed by atoms with E-state index in [2.05, 4.69) is 126 Å². The fraction of sp³-hybridized carbons (Fsp3) is 0.367. The molecule has 0 aromatic heterocycles. The molecule has 0 atom stereocenters. The molecule has 6 aromatic rings. The van der Waals surface area contributed by atoms with Gasteiger partial charge in [0.15, 0.2) is 0 Å². The second-order valence-corrected chi connectivity index (χ2v) is 14.5. The number of hydrogen-bond acceptors (Lipinski definition) is 0. The molecule has 66 heavy (non-hydrogen) atoms. The Morgan fingerprint density at radius 3 is 0.985 bits per heavy atom. The molecule has 0 amide bonds. The van der Waals surface area contributed by atoms with Crippen molar-refractivity contribution in [3.8, 4) is 44.5 Å². The van der Waals surface area contributed by atoms with Gasteiger partial charge < -0.3 is 14.9 Å². The number of aryl methyl sites for hydroxylation is 6. The molecule has 6 aromatic carbocycles. The number of hydrogen-bond donors (Lipinski definition) is 0. The van der Waals surface area contributed by atoms with Crippen molar-refractivity contribution >= 4 is 0 Å². The second-order valence-electron chi connectivity index (χ2n) is 14.5. The van der Waals surface area contributed by atoms with Crippen molar-refractivity contribution in [3.05, 3.63) is 178 Å². The Hall–Kier alpha value is 1.94. The van der Waals surface area contributed by atoms with E-state index in [0.29, 0.717) is 0 Å². The van der Waals surface area contributed by atoms with Gasteiger partial charge in [-0.05, 0) is 185 Å².